The van der Waals surface area contributed by atoms with E-state index in [0.717, 1.165) is 42.0 Å². The molecule has 1 saturated heterocycles. The average Bonchev–Trinajstić information content (AvgIpc) is 3.14. The number of carbonyl (C=O) groups is 1. The number of amides is 2. The van der Waals surface area contributed by atoms with Gasteiger partial charge in [-0.25, -0.2) is 9.78 Å². The number of urea groups is 1. The molecule has 6 heteroatoms. The number of imidazole rings is 1. The summed E-state index contributed by atoms with van der Waals surface area (Å²) in [5, 5.41) is 5.69. The molecule has 1 aromatic heterocycles. The second-order valence-electron chi connectivity index (χ2n) is 5.98. The van der Waals surface area contributed by atoms with Gasteiger partial charge in [-0.2, -0.15) is 0 Å². The van der Waals surface area contributed by atoms with Crippen molar-refractivity contribution in [1.29, 1.82) is 0 Å². The summed E-state index contributed by atoms with van der Waals surface area (Å²) in [6.07, 6.45) is 2.23. The van der Waals surface area contributed by atoms with E-state index in [2.05, 4.69) is 34.4 Å². The predicted octanol–water partition coefficient (Wildman–Crippen LogP) is 2.99. The molecule has 0 radical (unpaired) electrons. The topological polar surface area (TPSA) is 79.0 Å². The van der Waals surface area contributed by atoms with E-state index in [1.165, 1.54) is 0 Å². The molecule has 3 N–H and O–H groups in total. The van der Waals surface area contributed by atoms with Gasteiger partial charge in [0, 0.05) is 24.8 Å². The molecule has 22 heavy (non-hydrogen) atoms. The Morgan fingerprint density at radius 1 is 1.50 bits per heavy atom. The van der Waals surface area contributed by atoms with Crippen LogP contribution in [-0.2, 0) is 4.74 Å². The number of aromatic amines is 1. The number of hydrogen-bond donors (Lipinski definition) is 3. The molecule has 118 valence electrons. The van der Waals surface area contributed by atoms with E-state index in [4.69, 9.17) is 4.74 Å². The van der Waals surface area contributed by atoms with Crippen molar-refractivity contribution in [3.05, 3.63) is 24.0 Å². The molecule has 1 aromatic carbocycles. The second kappa shape index (κ2) is 6.36. The van der Waals surface area contributed by atoms with Crippen molar-refractivity contribution in [2.45, 2.75) is 38.7 Å². The zero-order chi connectivity index (χ0) is 15.5. The van der Waals surface area contributed by atoms with Gasteiger partial charge in [0.05, 0.1) is 17.1 Å². The first kappa shape index (κ1) is 14.8. The van der Waals surface area contributed by atoms with Gasteiger partial charge in [-0.1, -0.05) is 13.8 Å². The standard InChI is InChI=1S/C16H22N4O2/c1-10(2)15-19-13-6-5-11(8-14(13)20-15)18-16(21)17-9-12-4-3-7-22-12/h5-6,8,10,12H,3-4,7,9H2,1-2H3,(H,19,20)(H2,17,18,21)/t12-/m0/s1. The Balaban J connectivity index is 1.61. The molecule has 1 aliphatic rings. The molecule has 1 fully saturated rings. The molecule has 2 aromatic rings. The number of benzene rings is 1. The molecule has 2 amide bonds. The maximum atomic E-state index is 11.9. The lowest BCUT2D eigenvalue weighted by atomic mass is 10.2. The third kappa shape index (κ3) is 3.39. The van der Waals surface area contributed by atoms with Crippen molar-refractivity contribution < 1.29 is 9.53 Å². The van der Waals surface area contributed by atoms with Gasteiger partial charge < -0.3 is 20.4 Å². The first-order chi connectivity index (χ1) is 10.6. The maximum Gasteiger partial charge on any atom is 0.319 e. The van der Waals surface area contributed by atoms with Crippen molar-refractivity contribution in [3.63, 3.8) is 0 Å². The summed E-state index contributed by atoms with van der Waals surface area (Å²) in [5.74, 6) is 1.30. The molecule has 6 nitrogen and oxygen atoms in total. The fourth-order valence-corrected chi connectivity index (χ4v) is 2.57. The molecular weight excluding hydrogens is 280 g/mol. The number of ether oxygens (including phenoxy) is 1. The van der Waals surface area contributed by atoms with Gasteiger partial charge in [0.15, 0.2) is 0 Å². The maximum absolute atomic E-state index is 11.9. The number of aromatic nitrogens is 2. The zero-order valence-corrected chi connectivity index (χ0v) is 13.0. The average molecular weight is 302 g/mol. The Morgan fingerprint density at radius 3 is 3.09 bits per heavy atom. The van der Waals surface area contributed by atoms with Crippen molar-refractivity contribution in [3.8, 4) is 0 Å². The number of H-pyrrole nitrogens is 1. The number of nitrogens with one attached hydrogen (secondary N) is 3. The highest BCUT2D eigenvalue weighted by atomic mass is 16.5. The SMILES string of the molecule is CC(C)c1nc2ccc(NC(=O)NC[C@@H]3CCCO3)cc2[nH]1. The molecule has 0 bridgehead atoms. The minimum atomic E-state index is -0.210. The number of anilines is 1. The van der Waals surface area contributed by atoms with Crippen LogP contribution in [0.15, 0.2) is 18.2 Å². The van der Waals surface area contributed by atoms with E-state index in [1.54, 1.807) is 0 Å². The van der Waals surface area contributed by atoms with Gasteiger partial charge >= 0.3 is 6.03 Å². The first-order valence-corrected chi connectivity index (χ1v) is 7.78. The Hall–Kier alpha value is -2.08. The van der Waals surface area contributed by atoms with Gasteiger partial charge in [0.1, 0.15) is 5.82 Å². The largest absolute Gasteiger partial charge is 0.376 e. The third-order valence-electron chi connectivity index (χ3n) is 3.82. The number of carbonyl (C=O) groups excluding carboxylic acids is 1. The lowest BCUT2D eigenvalue weighted by molar-refractivity contribution is 0.112. The fourth-order valence-electron chi connectivity index (χ4n) is 2.57. The van der Waals surface area contributed by atoms with Crippen molar-refractivity contribution in [1.82, 2.24) is 15.3 Å². The van der Waals surface area contributed by atoms with Crippen molar-refractivity contribution in [2.24, 2.45) is 0 Å². The molecule has 0 aliphatic carbocycles. The smallest absolute Gasteiger partial charge is 0.319 e. The summed E-state index contributed by atoms with van der Waals surface area (Å²) in [5.41, 5.74) is 2.59. The predicted molar refractivity (Wildman–Crippen MR) is 86.2 cm³/mol. The third-order valence-corrected chi connectivity index (χ3v) is 3.82. The lowest BCUT2D eigenvalue weighted by Gasteiger charge is -2.11. The van der Waals surface area contributed by atoms with Crippen LogP contribution in [-0.4, -0.2) is 35.3 Å². The molecular formula is C16H22N4O2. The van der Waals surface area contributed by atoms with Gasteiger partial charge in [0.25, 0.3) is 0 Å². The zero-order valence-electron chi connectivity index (χ0n) is 13.0. The summed E-state index contributed by atoms with van der Waals surface area (Å²) in [6.45, 7) is 5.53. The van der Waals surface area contributed by atoms with E-state index >= 15 is 0 Å². The first-order valence-electron chi connectivity index (χ1n) is 7.78. The second-order valence-corrected chi connectivity index (χ2v) is 5.98. The lowest BCUT2D eigenvalue weighted by Crippen LogP contribution is -2.35. The monoisotopic (exact) mass is 302 g/mol. The number of rotatable bonds is 4. The van der Waals surface area contributed by atoms with Gasteiger partial charge in [-0.15, -0.1) is 0 Å². The quantitative estimate of drug-likeness (QED) is 0.812. The van der Waals surface area contributed by atoms with Crippen LogP contribution in [0.5, 0.6) is 0 Å². The van der Waals surface area contributed by atoms with Gasteiger partial charge in [-0.3, -0.25) is 0 Å². The van der Waals surface area contributed by atoms with E-state index in [-0.39, 0.29) is 12.1 Å². The highest BCUT2D eigenvalue weighted by Gasteiger charge is 2.16. The van der Waals surface area contributed by atoms with E-state index in [1.807, 2.05) is 18.2 Å². The van der Waals surface area contributed by atoms with Crippen LogP contribution in [0.2, 0.25) is 0 Å². The van der Waals surface area contributed by atoms with E-state index in [9.17, 15) is 4.79 Å². The van der Waals surface area contributed by atoms with Gasteiger partial charge in [0.2, 0.25) is 0 Å². The fraction of sp³-hybridized carbons (Fsp3) is 0.500. The molecule has 1 aliphatic heterocycles. The van der Waals surface area contributed by atoms with Crippen molar-refractivity contribution >= 4 is 22.8 Å². The molecule has 0 spiro atoms. The van der Waals surface area contributed by atoms with Gasteiger partial charge in [-0.05, 0) is 31.0 Å². The highest BCUT2D eigenvalue weighted by Crippen LogP contribution is 2.20. The Bertz CT molecular complexity index is 659. The summed E-state index contributed by atoms with van der Waals surface area (Å²) >= 11 is 0. The van der Waals surface area contributed by atoms with Crippen LogP contribution >= 0.6 is 0 Å². The van der Waals surface area contributed by atoms with Crippen LogP contribution in [0.3, 0.4) is 0 Å². The van der Waals surface area contributed by atoms with Crippen LogP contribution < -0.4 is 10.6 Å². The number of fused-ring (bicyclic) bond motifs is 1. The van der Waals surface area contributed by atoms with Crippen molar-refractivity contribution in [2.75, 3.05) is 18.5 Å². The van der Waals surface area contributed by atoms with Crippen LogP contribution in [0.25, 0.3) is 11.0 Å². The van der Waals surface area contributed by atoms with E-state index in [0.29, 0.717) is 12.5 Å². The minimum Gasteiger partial charge on any atom is -0.376 e. The Morgan fingerprint density at radius 2 is 2.36 bits per heavy atom. The number of hydrogen-bond acceptors (Lipinski definition) is 3. The molecule has 0 unspecified atom stereocenters. The van der Waals surface area contributed by atoms with Crippen LogP contribution in [0.1, 0.15) is 38.4 Å². The Kier molecular flexibility index (Phi) is 4.29. The minimum absolute atomic E-state index is 0.148. The summed E-state index contributed by atoms with van der Waals surface area (Å²) < 4.78 is 5.48. The highest BCUT2D eigenvalue weighted by molar-refractivity contribution is 5.91. The van der Waals surface area contributed by atoms with Crippen LogP contribution in [0, 0.1) is 0 Å². The summed E-state index contributed by atoms with van der Waals surface area (Å²) in [6, 6.07) is 5.46. The van der Waals surface area contributed by atoms with Crippen LogP contribution in [0.4, 0.5) is 10.5 Å². The molecule has 0 saturated carbocycles. The summed E-state index contributed by atoms with van der Waals surface area (Å²) in [4.78, 5) is 19.7. The molecule has 2 heterocycles. The summed E-state index contributed by atoms with van der Waals surface area (Å²) in [7, 11) is 0. The normalized spacial score (nSPS) is 18.0. The Labute approximate surface area is 129 Å². The number of nitrogens with zero attached hydrogens (tertiary/aromatic N) is 1. The molecule has 3 rings (SSSR count). The molecule has 1 atom stereocenters. The van der Waals surface area contributed by atoms with E-state index < -0.39 is 0 Å².